The van der Waals surface area contributed by atoms with Gasteiger partial charge in [-0.1, -0.05) is 0 Å². The minimum absolute atomic E-state index is 0.0544. The summed E-state index contributed by atoms with van der Waals surface area (Å²) in [4.78, 5) is 74.8. The lowest BCUT2D eigenvalue weighted by Crippen LogP contribution is -2.56. The van der Waals surface area contributed by atoms with Gasteiger partial charge in [0, 0.05) is 36.9 Å². The molecule has 0 saturated carbocycles. The molecule has 0 bridgehead atoms. The first-order chi connectivity index (χ1) is 22.0. The molecular formula is C26H26F3N7O11. The summed E-state index contributed by atoms with van der Waals surface area (Å²) in [6.07, 6.45) is -7.76. The number of alkyl carbamates (subject to hydrolysis) is 1. The molecule has 1 aliphatic heterocycles. The average molecular weight is 670 g/mol. The van der Waals surface area contributed by atoms with E-state index in [-0.39, 0.29) is 30.9 Å². The number of nitrogens with one attached hydrogen (secondary N) is 3. The van der Waals surface area contributed by atoms with Crippen LogP contribution < -0.4 is 10.6 Å². The van der Waals surface area contributed by atoms with Gasteiger partial charge in [-0.25, -0.2) is 19.3 Å². The first kappa shape index (κ1) is 35.6. The van der Waals surface area contributed by atoms with Gasteiger partial charge in [-0.05, 0) is 48.7 Å². The molecular weight excluding hydrogens is 643 g/mol. The standard InChI is InChI=1S/C26H26F3N7O11/c1-15(21(37)31-18-10-11-33(12-18)47-22(38)26(27,28)29)34(25(40)46-14-17-4-8-20(9-5-17)36(43)44)23(30)32-24(39)45-13-16-2-6-19(7-3-16)35(41)42/h2-9,15,18H,10-14H2,1H3,(H,31,37)(H2,30,32,39)/t15-,18-/m0/s1. The van der Waals surface area contributed by atoms with E-state index in [0.29, 0.717) is 21.1 Å². The Morgan fingerprint density at radius 1 is 0.979 bits per heavy atom. The summed E-state index contributed by atoms with van der Waals surface area (Å²) >= 11 is 0. The summed E-state index contributed by atoms with van der Waals surface area (Å²) in [5.74, 6) is -4.36. The Labute approximate surface area is 262 Å². The van der Waals surface area contributed by atoms with E-state index >= 15 is 0 Å². The van der Waals surface area contributed by atoms with Gasteiger partial charge in [0.15, 0.2) is 0 Å². The molecule has 1 heterocycles. The number of carbonyl (C=O) groups is 4. The van der Waals surface area contributed by atoms with E-state index in [4.69, 9.17) is 14.9 Å². The first-order valence-corrected chi connectivity index (χ1v) is 13.3. The monoisotopic (exact) mass is 669 g/mol. The molecule has 252 valence electrons. The van der Waals surface area contributed by atoms with Crippen LogP contribution in [0.25, 0.3) is 0 Å². The van der Waals surface area contributed by atoms with E-state index < -0.39 is 71.3 Å². The molecule has 2 aromatic carbocycles. The van der Waals surface area contributed by atoms with E-state index in [1.165, 1.54) is 36.4 Å². The number of nitro benzene ring substituents is 2. The van der Waals surface area contributed by atoms with Crippen molar-refractivity contribution < 1.29 is 56.5 Å². The molecule has 2 aromatic rings. The van der Waals surface area contributed by atoms with E-state index in [2.05, 4.69) is 10.2 Å². The number of ether oxygens (including phenoxy) is 2. The van der Waals surface area contributed by atoms with Crippen molar-refractivity contribution in [1.29, 1.82) is 5.41 Å². The number of nitro groups is 2. The number of hydroxylamine groups is 2. The molecule has 1 aliphatic rings. The van der Waals surface area contributed by atoms with E-state index in [1.807, 2.05) is 5.32 Å². The van der Waals surface area contributed by atoms with Gasteiger partial charge in [0.1, 0.15) is 19.3 Å². The molecule has 47 heavy (non-hydrogen) atoms. The second kappa shape index (κ2) is 15.4. The molecule has 3 amide bonds. The van der Waals surface area contributed by atoms with Crippen molar-refractivity contribution >= 4 is 41.4 Å². The van der Waals surface area contributed by atoms with Gasteiger partial charge in [-0.2, -0.15) is 13.2 Å². The summed E-state index contributed by atoms with van der Waals surface area (Å²) in [5.41, 5.74) is 0.199. The van der Waals surface area contributed by atoms with Crippen LogP contribution in [0.2, 0.25) is 0 Å². The van der Waals surface area contributed by atoms with E-state index in [0.717, 1.165) is 19.1 Å². The number of alkyl halides is 3. The summed E-state index contributed by atoms with van der Waals surface area (Å²) in [7, 11) is 0. The number of guanidine groups is 1. The Morgan fingerprint density at radius 3 is 1.98 bits per heavy atom. The number of non-ortho nitro benzene ring substituents is 2. The van der Waals surface area contributed by atoms with Crippen LogP contribution in [0.15, 0.2) is 48.5 Å². The molecule has 18 nitrogen and oxygen atoms in total. The zero-order chi connectivity index (χ0) is 34.9. The van der Waals surface area contributed by atoms with Crippen LogP contribution in [-0.2, 0) is 37.1 Å². The zero-order valence-corrected chi connectivity index (χ0v) is 24.2. The second-order valence-corrected chi connectivity index (χ2v) is 9.76. The fraction of sp³-hybridized carbons (Fsp3) is 0.346. The smallest absolute Gasteiger partial charge is 0.444 e. The highest BCUT2D eigenvalue weighted by Crippen LogP contribution is 2.20. The third kappa shape index (κ3) is 10.3. The number of benzene rings is 2. The third-order valence-corrected chi connectivity index (χ3v) is 6.39. The predicted octanol–water partition coefficient (Wildman–Crippen LogP) is 2.90. The Hall–Kier alpha value is -5.86. The zero-order valence-electron chi connectivity index (χ0n) is 24.2. The second-order valence-electron chi connectivity index (χ2n) is 9.76. The SMILES string of the molecule is C[C@@H](C(=O)N[C@H]1CCN(OC(=O)C(F)(F)F)C1)N(C(=N)NC(=O)OCc1ccc([N+](=O)[O-])cc1)C(=O)OCc1ccc([N+](=O)[O-])cc1. The van der Waals surface area contributed by atoms with Crippen LogP contribution in [0.5, 0.6) is 0 Å². The maximum absolute atomic E-state index is 13.1. The van der Waals surface area contributed by atoms with Crippen LogP contribution in [0.4, 0.5) is 34.1 Å². The van der Waals surface area contributed by atoms with Crippen molar-refractivity contribution in [1.82, 2.24) is 20.6 Å². The molecule has 0 radical (unpaired) electrons. The molecule has 1 saturated heterocycles. The summed E-state index contributed by atoms with van der Waals surface area (Å²) in [6, 6.07) is 7.46. The maximum Gasteiger partial charge on any atom is 0.492 e. The molecule has 0 unspecified atom stereocenters. The fourth-order valence-electron chi connectivity index (χ4n) is 3.96. The number of hydrogen-bond acceptors (Lipinski definition) is 13. The molecule has 0 aliphatic carbocycles. The van der Waals surface area contributed by atoms with Gasteiger partial charge in [-0.15, -0.1) is 5.06 Å². The van der Waals surface area contributed by atoms with E-state index in [9.17, 15) is 52.6 Å². The van der Waals surface area contributed by atoms with Crippen molar-refractivity contribution in [3.63, 3.8) is 0 Å². The molecule has 2 atom stereocenters. The summed E-state index contributed by atoms with van der Waals surface area (Å²) in [5, 5.41) is 35.1. The number of halogens is 3. The highest BCUT2D eigenvalue weighted by molar-refractivity contribution is 6.03. The Morgan fingerprint density at radius 2 is 1.49 bits per heavy atom. The minimum atomic E-state index is -5.23. The van der Waals surface area contributed by atoms with E-state index in [1.54, 1.807) is 0 Å². The number of nitrogens with zero attached hydrogens (tertiary/aromatic N) is 4. The molecule has 3 rings (SSSR count). The normalized spacial score (nSPS) is 15.1. The highest BCUT2D eigenvalue weighted by atomic mass is 19.4. The van der Waals surface area contributed by atoms with Crippen LogP contribution in [0.3, 0.4) is 0 Å². The van der Waals surface area contributed by atoms with Crippen molar-refractivity contribution in [3.05, 3.63) is 79.9 Å². The number of hydrogen-bond donors (Lipinski definition) is 3. The Bertz CT molecular complexity index is 1520. The topological polar surface area (TPSA) is 237 Å². The third-order valence-electron chi connectivity index (χ3n) is 6.39. The molecule has 1 fully saturated rings. The maximum atomic E-state index is 13.1. The average Bonchev–Trinajstić information content (AvgIpc) is 3.45. The van der Waals surface area contributed by atoms with Crippen molar-refractivity contribution in [2.45, 2.75) is 44.8 Å². The summed E-state index contributed by atoms with van der Waals surface area (Å²) in [6.45, 7) is -0.191. The lowest BCUT2D eigenvalue weighted by Gasteiger charge is -2.28. The van der Waals surface area contributed by atoms with Crippen molar-refractivity contribution in [2.75, 3.05) is 13.1 Å². The fourth-order valence-corrected chi connectivity index (χ4v) is 3.96. The molecule has 21 heteroatoms. The Balaban J connectivity index is 1.67. The van der Waals surface area contributed by atoms with Gasteiger partial charge in [0.05, 0.1) is 16.4 Å². The Kier molecular flexibility index (Phi) is 11.7. The van der Waals surface area contributed by atoms with Gasteiger partial charge in [0.25, 0.3) is 11.4 Å². The number of rotatable bonds is 10. The van der Waals surface area contributed by atoms with Gasteiger partial charge < -0.3 is 19.6 Å². The van der Waals surface area contributed by atoms with Crippen molar-refractivity contribution in [2.24, 2.45) is 0 Å². The van der Waals surface area contributed by atoms with Gasteiger partial charge >= 0.3 is 24.3 Å². The quantitative estimate of drug-likeness (QED) is 0.143. The van der Waals surface area contributed by atoms with Crippen molar-refractivity contribution in [3.8, 4) is 0 Å². The highest BCUT2D eigenvalue weighted by Gasteiger charge is 2.44. The van der Waals surface area contributed by atoms with Crippen LogP contribution in [-0.4, -0.2) is 81.2 Å². The van der Waals surface area contributed by atoms with Gasteiger partial charge in [-0.3, -0.25) is 35.7 Å². The minimum Gasteiger partial charge on any atom is -0.444 e. The summed E-state index contributed by atoms with van der Waals surface area (Å²) < 4.78 is 47.7. The lowest BCUT2D eigenvalue weighted by atomic mass is 10.2. The van der Waals surface area contributed by atoms with Gasteiger partial charge in [0.2, 0.25) is 11.9 Å². The van der Waals surface area contributed by atoms with Crippen LogP contribution in [0.1, 0.15) is 24.5 Å². The number of amides is 3. The largest absolute Gasteiger partial charge is 0.492 e. The van der Waals surface area contributed by atoms with Crippen LogP contribution in [0, 0.1) is 25.6 Å². The number of carbonyl (C=O) groups excluding carboxylic acids is 4. The lowest BCUT2D eigenvalue weighted by molar-refractivity contribution is -0.385. The molecule has 0 aromatic heterocycles. The predicted molar refractivity (Wildman–Crippen MR) is 149 cm³/mol. The molecule has 3 N–H and O–H groups in total. The molecule has 0 spiro atoms. The first-order valence-electron chi connectivity index (χ1n) is 13.3. The van der Waals surface area contributed by atoms with Crippen LogP contribution >= 0.6 is 0 Å².